The predicted octanol–water partition coefficient (Wildman–Crippen LogP) is 2.68. The molecule has 2 aromatic rings. The SMILES string of the molecule is C=CCOC[C@@H]1CN(C(=O)CCc2ccccc2)Cc2nccn2C1. The van der Waals surface area contributed by atoms with Crippen LogP contribution in [0.4, 0.5) is 0 Å². The van der Waals surface area contributed by atoms with Crippen molar-refractivity contribution < 1.29 is 9.53 Å². The Kier molecular flexibility index (Phi) is 6.01. The Balaban J connectivity index is 1.64. The van der Waals surface area contributed by atoms with Gasteiger partial charge in [0.15, 0.2) is 0 Å². The largest absolute Gasteiger partial charge is 0.377 e. The van der Waals surface area contributed by atoms with E-state index < -0.39 is 0 Å². The number of imidazole rings is 1. The maximum atomic E-state index is 12.8. The highest BCUT2D eigenvalue weighted by molar-refractivity contribution is 5.76. The van der Waals surface area contributed by atoms with Crippen molar-refractivity contribution in [2.24, 2.45) is 5.92 Å². The van der Waals surface area contributed by atoms with Crippen molar-refractivity contribution in [2.45, 2.75) is 25.9 Å². The molecule has 25 heavy (non-hydrogen) atoms. The molecule has 0 saturated carbocycles. The molecule has 0 N–H and O–H groups in total. The summed E-state index contributed by atoms with van der Waals surface area (Å²) in [5.74, 6) is 1.38. The molecule has 1 aliphatic rings. The maximum Gasteiger partial charge on any atom is 0.223 e. The number of aromatic nitrogens is 2. The van der Waals surface area contributed by atoms with Crippen molar-refractivity contribution in [1.29, 1.82) is 0 Å². The number of hydrogen-bond donors (Lipinski definition) is 0. The van der Waals surface area contributed by atoms with Gasteiger partial charge in [-0.25, -0.2) is 4.98 Å². The van der Waals surface area contributed by atoms with E-state index in [4.69, 9.17) is 4.74 Å². The fourth-order valence-corrected chi connectivity index (χ4v) is 3.21. The Bertz CT molecular complexity index is 696. The van der Waals surface area contributed by atoms with E-state index in [0.717, 1.165) is 18.8 Å². The fourth-order valence-electron chi connectivity index (χ4n) is 3.21. The van der Waals surface area contributed by atoms with E-state index in [-0.39, 0.29) is 11.8 Å². The van der Waals surface area contributed by atoms with Crippen LogP contribution < -0.4 is 0 Å². The Morgan fingerprint density at radius 3 is 2.96 bits per heavy atom. The molecule has 1 aromatic carbocycles. The average molecular weight is 339 g/mol. The Labute approximate surface area is 148 Å². The number of hydrogen-bond acceptors (Lipinski definition) is 3. The summed E-state index contributed by atoms with van der Waals surface area (Å²) in [5.41, 5.74) is 1.19. The minimum absolute atomic E-state index is 0.175. The zero-order valence-electron chi connectivity index (χ0n) is 14.5. The van der Waals surface area contributed by atoms with Crippen LogP contribution in [0.25, 0.3) is 0 Å². The van der Waals surface area contributed by atoms with Crippen molar-refractivity contribution in [3.63, 3.8) is 0 Å². The van der Waals surface area contributed by atoms with Gasteiger partial charge in [-0.3, -0.25) is 4.79 Å². The number of nitrogens with zero attached hydrogens (tertiary/aromatic N) is 3. The molecule has 1 amide bonds. The van der Waals surface area contributed by atoms with Crippen LogP contribution in [-0.2, 0) is 29.0 Å². The normalized spacial score (nSPS) is 17.0. The van der Waals surface area contributed by atoms with Gasteiger partial charge in [0, 0.05) is 37.8 Å². The van der Waals surface area contributed by atoms with E-state index in [9.17, 15) is 4.79 Å². The summed E-state index contributed by atoms with van der Waals surface area (Å²) in [6, 6.07) is 10.1. The molecule has 0 unspecified atom stereocenters. The standard InChI is InChI=1S/C20H25N3O2/c1-2-12-25-16-18-13-22-11-10-21-19(22)15-23(14-18)20(24)9-8-17-6-4-3-5-7-17/h2-7,10-11,18H,1,8-9,12-16H2/t18-/m0/s1. The second-order valence-electron chi connectivity index (χ2n) is 6.45. The van der Waals surface area contributed by atoms with Gasteiger partial charge in [-0.15, -0.1) is 6.58 Å². The van der Waals surface area contributed by atoms with Gasteiger partial charge < -0.3 is 14.2 Å². The van der Waals surface area contributed by atoms with Gasteiger partial charge in [0.25, 0.3) is 0 Å². The lowest BCUT2D eigenvalue weighted by Crippen LogP contribution is -2.35. The Morgan fingerprint density at radius 1 is 1.32 bits per heavy atom. The molecule has 2 heterocycles. The zero-order chi connectivity index (χ0) is 17.5. The average Bonchev–Trinajstić information content (AvgIpc) is 2.99. The molecule has 1 aromatic heterocycles. The predicted molar refractivity (Wildman–Crippen MR) is 96.9 cm³/mol. The minimum atomic E-state index is 0.175. The van der Waals surface area contributed by atoms with Crippen LogP contribution >= 0.6 is 0 Å². The van der Waals surface area contributed by atoms with Crippen molar-refractivity contribution >= 4 is 5.91 Å². The number of carbonyl (C=O) groups is 1. The summed E-state index contributed by atoms with van der Waals surface area (Å²) in [6.45, 7) is 6.93. The van der Waals surface area contributed by atoms with Gasteiger partial charge in [-0.05, 0) is 12.0 Å². The van der Waals surface area contributed by atoms with Crippen LogP contribution in [0.2, 0.25) is 0 Å². The number of amides is 1. The number of rotatable bonds is 7. The summed E-state index contributed by atoms with van der Waals surface area (Å²) in [7, 11) is 0. The van der Waals surface area contributed by atoms with Crippen molar-refractivity contribution in [3.8, 4) is 0 Å². The van der Waals surface area contributed by atoms with Crippen LogP contribution in [0.1, 0.15) is 17.8 Å². The lowest BCUT2D eigenvalue weighted by molar-refractivity contribution is -0.132. The van der Waals surface area contributed by atoms with Crippen molar-refractivity contribution in [3.05, 3.63) is 66.8 Å². The molecule has 0 radical (unpaired) electrons. The number of carbonyl (C=O) groups excluding carboxylic acids is 1. The number of aryl methyl sites for hydroxylation is 1. The number of fused-ring (bicyclic) bond motifs is 1. The third-order valence-electron chi connectivity index (χ3n) is 4.48. The maximum absolute atomic E-state index is 12.8. The molecule has 0 spiro atoms. The molecular formula is C20H25N3O2. The third-order valence-corrected chi connectivity index (χ3v) is 4.48. The van der Waals surface area contributed by atoms with Gasteiger partial charge in [0.05, 0.1) is 19.8 Å². The molecule has 1 atom stereocenters. The van der Waals surface area contributed by atoms with Gasteiger partial charge >= 0.3 is 0 Å². The quantitative estimate of drug-likeness (QED) is 0.575. The van der Waals surface area contributed by atoms with E-state index in [1.54, 1.807) is 12.3 Å². The van der Waals surface area contributed by atoms with E-state index in [1.165, 1.54) is 5.56 Å². The molecule has 1 aliphatic heterocycles. The first-order valence-corrected chi connectivity index (χ1v) is 8.76. The zero-order valence-corrected chi connectivity index (χ0v) is 14.5. The van der Waals surface area contributed by atoms with Crippen LogP contribution in [0.15, 0.2) is 55.4 Å². The van der Waals surface area contributed by atoms with Crippen LogP contribution in [0, 0.1) is 5.92 Å². The van der Waals surface area contributed by atoms with Gasteiger partial charge in [0.1, 0.15) is 5.82 Å². The first-order valence-electron chi connectivity index (χ1n) is 8.76. The molecule has 5 nitrogen and oxygen atoms in total. The molecule has 0 aliphatic carbocycles. The molecule has 132 valence electrons. The lowest BCUT2D eigenvalue weighted by atomic mass is 10.1. The third kappa shape index (κ3) is 4.79. The molecule has 0 bridgehead atoms. The molecule has 5 heteroatoms. The van der Waals surface area contributed by atoms with Gasteiger partial charge in [0.2, 0.25) is 5.91 Å². The number of ether oxygens (including phenoxy) is 1. The molecular weight excluding hydrogens is 314 g/mol. The topological polar surface area (TPSA) is 47.4 Å². The van der Waals surface area contributed by atoms with Crippen LogP contribution in [0.3, 0.4) is 0 Å². The van der Waals surface area contributed by atoms with E-state index >= 15 is 0 Å². The summed E-state index contributed by atoms with van der Waals surface area (Å²) in [5, 5.41) is 0. The smallest absolute Gasteiger partial charge is 0.223 e. The molecule has 0 fully saturated rings. The molecule has 3 rings (SSSR count). The first kappa shape index (κ1) is 17.4. The summed E-state index contributed by atoms with van der Waals surface area (Å²) in [6.07, 6.45) is 6.82. The monoisotopic (exact) mass is 339 g/mol. The van der Waals surface area contributed by atoms with Crippen molar-refractivity contribution in [2.75, 3.05) is 19.8 Å². The second kappa shape index (κ2) is 8.62. The van der Waals surface area contributed by atoms with E-state index in [1.807, 2.05) is 29.3 Å². The van der Waals surface area contributed by atoms with Gasteiger partial charge in [-0.1, -0.05) is 36.4 Å². The summed E-state index contributed by atoms with van der Waals surface area (Å²) in [4.78, 5) is 19.1. The Morgan fingerprint density at radius 2 is 2.16 bits per heavy atom. The number of benzene rings is 1. The second-order valence-corrected chi connectivity index (χ2v) is 6.45. The van der Waals surface area contributed by atoms with Gasteiger partial charge in [-0.2, -0.15) is 0 Å². The summed E-state index contributed by atoms with van der Waals surface area (Å²) >= 11 is 0. The van der Waals surface area contributed by atoms with E-state index in [0.29, 0.717) is 32.7 Å². The van der Waals surface area contributed by atoms with Crippen molar-refractivity contribution in [1.82, 2.24) is 14.5 Å². The fraction of sp³-hybridized carbons (Fsp3) is 0.400. The highest BCUT2D eigenvalue weighted by atomic mass is 16.5. The van der Waals surface area contributed by atoms with E-state index in [2.05, 4.69) is 28.3 Å². The highest BCUT2D eigenvalue weighted by Gasteiger charge is 2.25. The van der Waals surface area contributed by atoms with Crippen LogP contribution in [0.5, 0.6) is 0 Å². The Hall–Kier alpha value is -2.40. The minimum Gasteiger partial charge on any atom is -0.377 e. The lowest BCUT2D eigenvalue weighted by Gasteiger charge is -2.24. The first-order chi connectivity index (χ1) is 12.3. The summed E-state index contributed by atoms with van der Waals surface area (Å²) < 4.78 is 7.77. The van der Waals surface area contributed by atoms with Crippen LogP contribution in [-0.4, -0.2) is 40.1 Å². The highest BCUT2D eigenvalue weighted by Crippen LogP contribution is 2.17. The molecule has 0 saturated heterocycles.